The molecular formula is C22H23ClN2O3S. The monoisotopic (exact) mass is 430 g/mol. The molecule has 0 fully saturated rings. The Kier molecular flexibility index (Phi) is 6.77. The number of amides is 1. The molecule has 0 aliphatic carbocycles. The van der Waals surface area contributed by atoms with Gasteiger partial charge >= 0.3 is 0 Å². The van der Waals surface area contributed by atoms with E-state index in [-0.39, 0.29) is 17.7 Å². The Morgan fingerprint density at radius 2 is 1.83 bits per heavy atom. The standard InChI is InChI=1S/C22H23ClN2O3S/c1-13(2)20(14-5-7-15(23)8-6-14)21(26)25-22-24-18(12-29-22)17-11-16(27-3)9-10-19(17)28-4/h5-13,20H,1-4H3,(H,24,25,26)/t20-/m0/s1. The highest BCUT2D eigenvalue weighted by molar-refractivity contribution is 7.14. The fourth-order valence-electron chi connectivity index (χ4n) is 3.16. The SMILES string of the molecule is COc1ccc(OC)c(-c2csc(NC(=O)[C@H](c3ccc(Cl)cc3)C(C)C)n2)c1. The molecular weight excluding hydrogens is 408 g/mol. The highest BCUT2D eigenvalue weighted by Gasteiger charge is 2.25. The van der Waals surface area contributed by atoms with Gasteiger partial charge in [-0.25, -0.2) is 4.98 Å². The van der Waals surface area contributed by atoms with Crippen molar-refractivity contribution in [1.82, 2.24) is 4.98 Å². The lowest BCUT2D eigenvalue weighted by molar-refractivity contribution is -0.118. The second-order valence-electron chi connectivity index (χ2n) is 6.87. The van der Waals surface area contributed by atoms with Crippen LogP contribution >= 0.6 is 22.9 Å². The van der Waals surface area contributed by atoms with Gasteiger partial charge in [-0.05, 0) is 41.8 Å². The lowest BCUT2D eigenvalue weighted by atomic mass is 9.88. The summed E-state index contributed by atoms with van der Waals surface area (Å²) in [6.45, 7) is 4.04. The predicted molar refractivity (Wildman–Crippen MR) is 118 cm³/mol. The minimum absolute atomic E-state index is 0.0965. The van der Waals surface area contributed by atoms with Crippen molar-refractivity contribution >= 4 is 34.0 Å². The van der Waals surface area contributed by atoms with Gasteiger partial charge in [0.25, 0.3) is 0 Å². The number of anilines is 1. The van der Waals surface area contributed by atoms with E-state index < -0.39 is 0 Å². The summed E-state index contributed by atoms with van der Waals surface area (Å²) < 4.78 is 10.7. The number of methoxy groups -OCH3 is 2. The average Bonchev–Trinajstić information content (AvgIpc) is 3.17. The molecule has 1 heterocycles. The number of rotatable bonds is 7. The third-order valence-electron chi connectivity index (χ3n) is 4.60. The summed E-state index contributed by atoms with van der Waals surface area (Å²) in [7, 11) is 3.22. The molecule has 3 aromatic rings. The molecule has 0 bridgehead atoms. The van der Waals surface area contributed by atoms with Crippen LogP contribution in [0.25, 0.3) is 11.3 Å². The van der Waals surface area contributed by atoms with Crippen LogP contribution < -0.4 is 14.8 Å². The molecule has 0 aliphatic heterocycles. The van der Waals surface area contributed by atoms with E-state index in [1.165, 1.54) is 11.3 Å². The molecule has 7 heteroatoms. The smallest absolute Gasteiger partial charge is 0.233 e. The summed E-state index contributed by atoms with van der Waals surface area (Å²) in [5.41, 5.74) is 2.45. The number of nitrogens with one attached hydrogen (secondary N) is 1. The molecule has 29 heavy (non-hydrogen) atoms. The summed E-state index contributed by atoms with van der Waals surface area (Å²) in [6, 6.07) is 12.9. The topological polar surface area (TPSA) is 60.5 Å². The molecule has 0 unspecified atom stereocenters. The number of carbonyl (C=O) groups is 1. The molecule has 0 saturated heterocycles. The molecule has 0 aliphatic rings. The average molecular weight is 431 g/mol. The van der Waals surface area contributed by atoms with E-state index in [4.69, 9.17) is 21.1 Å². The minimum atomic E-state index is -0.300. The van der Waals surface area contributed by atoms with Crippen LogP contribution in [0.2, 0.25) is 5.02 Å². The van der Waals surface area contributed by atoms with Crippen LogP contribution in [0.4, 0.5) is 5.13 Å². The number of thiazole rings is 1. The largest absolute Gasteiger partial charge is 0.497 e. The van der Waals surface area contributed by atoms with E-state index >= 15 is 0 Å². The zero-order valence-corrected chi connectivity index (χ0v) is 18.3. The third kappa shape index (κ3) is 4.89. The fourth-order valence-corrected chi connectivity index (χ4v) is 4.00. The first-order valence-corrected chi connectivity index (χ1v) is 10.4. The van der Waals surface area contributed by atoms with Crippen LogP contribution in [0.1, 0.15) is 25.3 Å². The van der Waals surface area contributed by atoms with E-state index in [9.17, 15) is 4.79 Å². The van der Waals surface area contributed by atoms with Gasteiger partial charge in [0.2, 0.25) is 5.91 Å². The Morgan fingerprint density at radius 1 is 1.10 bits per heavy atom. The van der Waals surface area contributed by atoms with Crippen molar-refractivity contribution in [3.05, 3.63) is 58.4 Å². The Bertz CT molecular complexity index is 986. The van der Waals surface area contributed by atoms with Crippen molar-refractivity contribution in [3.63, 3.8) is 0 Å². The van der Waals surface area contributed by atoms with Gasteiger partial charge in [-0.15, -0.1) is 11.3 Å². The maximum Gasteiger partial charge on any atom is 0.233 e. The molecule has 1 aromatic heterocycles. The van der Waals surface area contributed by atoms with Crippen molar-refractivity contribution in [2.45, 2.75) is 19.8 Å². The van der Waals surface area contributed by atoms with E-state index in [0.717, 1.165) is 11.1 Å². The number of carbonyl (C=O) groups excluding carboxylic acids is 1. The van der Waals surface area contributed by atoms with Crippen molar-refractivity contribution in [2.75, 3.05) is 19.5 Å². The first-order chi connectivity index (χ1) is 13.9. The van der Waals surface area contributed by atoms with E-state index in [2.05, 4.69) is 10.3 Å². The van der Waals surface area contributed by atoms with Gasteiger partial charge in [0.05, 0.1) is 25.8 Å². The molecule has 1 N–H and O–H groups in total. The highest BCUT2D eigenvalue weighted by atomic mass is 35.5. The van der Waals surface area contributed by atoms with Gasteiger partial charge in [0.15, 0.2) is 5.13 Å². The van der Waals surface area contributed by atoms with Crippen LogP contribution in [0, 0.1) is 5.92 Å². The quantitative estimate of drug-likeness (QED) is 0.510. The highest BCUT2D eigenvalue weighted by Crippen LogP contribution is 2.35. The first-order valence-electron chi connectivity index (χ1n) is 9.17. The molecule has 3 rings (SSSR count). The van der Waals surface area contributed by atoms with Crippen LogP contribution in [0.15, 0.2) is 47.8 Å². The number of hydrogen-bond donors (Lipinski definition) is 1. The summed E-state index contributed by atoms with van der Waals surface area (Å²) in [5.74, 6) is 1.12. The number of hydrogen-bond acceptors (Lipinski definition) is 5. The van der Waals surface area contributed by atoms with Gasteiger partial charge < -0.3 is 14.8 Å². The summed E-state index contributed by atoms with van der Waals surface area (Å²) in [4.78, 5) is 17.6. The summed E-state index contributed by atoms with van der Waals surface area (Å²) >= 11 is 7.36. The van der Waals surface area contributed by atoms with Gasteiger partial charge in [-0.1, -0.05) is 37.6 Å². The zero-order chi connectivity index (χ0) is 21.0. The van der Waals surface area contributed by atoms with Crippen LogP contribution in [-0.2, 0) is 4.79 Å². The number of ether oxygens (including phenoxy) is 2. The minimum Gasteiger partial charge on any atom is -0.497 e. The maximum atomic E-state index is 13.0. The first kappa shape index (κ1) is 21.1. The number of halogens is 1. The lowest BCUT2D eigenvalue weighted by Crippen LogP contribution is -2.25. The number of nitrogens with zero attached hydrogens (tertiary/aromatic N) is 1. The molecule has 0 radical (unpaired) electrons. The predicted octanol–water partition coefficient (Wildman–Crippen LogP) is 5.86. The summed E-state index contributed by atoms with van der Waals surface area (Å²) in [5, 5.41) is 6.03. The molecule has 1 atom stereocenters. The Labute approximate surface area is 179 Å². The van der Waals surface area contributed by atoms with Gasteiger partial charge in [0.1, 0.15) is 11.5 Å². The Balaban J connectivity index is 1.84. The van der Waals surface area contributed by atoms with Crippen molar-refractivity contribution < 1.29 is 14.3 Å². The second kappa shape index (κ2) is 9.29. The second-order valence-corrected chi connectivity index (χ2v) is 8.16. The van der Waals surface area contributed by atoms with Crippen LogP contribution in [-0.4, -0.2) is 25.1 Å². The van der Waals surface area contributed by atoms with E-state index in [1.807, 2.05) is 49.6 Å². The molecule has 2 aromatic carbocycles. The number of aromatic nitrogens is 1. The van der Waals surface area contributed by atoms with Gasteiger partial charge in [-0.2, -0.15) is 0 Å². The van der Waals surface area contributed by atoms with Gasteiger partial charge in [-0.3, -0.25) is 4.79 Å². The lowest BCUT2D eigenvalue weighted by Gasteiger charge is -2.20. The third-order valence-corrected chi connectivity index (χ3v) is 5.60. The molecule has 0 spiro atoms. The molecule has 0 saturated carbocycles. The van der Waals surface area contributed by atoms with E-state index in [0.29, 0.717) is 27.3 Å². The normalized spacial score (nSPS) is 11.9. The molecule has 1 amide bonds. The molecule has 5 nitrogen and oxygen atoms in total. The Morgan fingerprint density at radius 3 is 2.45 bits per heavy atom. The fraction of sp³-hybridized carbons (Fsp3) is 0.273. The van der Waals surface area contributed by atoms with Crippen LogP contribution in [0.3, 0.4) is 0 Å². The van der Waals surface area contributed by atoms with Crippen molar-refractivity contribution in [1.29, 1.82) is 0 Å². The van der Waals surface area contributed by atoms with E-state index in [1.54, 1.807) is 26.4 Å². The van der Waals surface area contributed by atoms with Crippen molar-refractivity contribution in [2.24, 2.45) is 5.92 Å². The van der Waals surface area contributed by atoms with Gasteiger partial charge in [0, 0.05) is 16.0 Å². The van der Waals surface area contributed by atoms with Crippen molar-refractivity contribution in [3.8, 4) is 22.8 Å². The summed E-state index contributed by atoms with van der Waals surface area (Å²) in [6.07, 6.45) is 0. The maximum absolute atomic E-state index is 13.0. The Hall–Kier alpha value is -2.57. The zero-order valence-electron chi connectivity index (χ0n) is 16.7. The molecule has 152 valence electrons. The van der Waals surface area contributed by atoms with Crippen LogP contribution in [0.5, 0.6) is 11.5 Å². The number of benzene rings is 2.